The number of pyridine rings is 1. The lowest BCUT2D eigenvalue weighted by atomic mass is 9.80. The summed E-state index contributed by atoms with van der Waals surface area (Å²) in [6, 6.07) is 3.67. The summed E-state index contributed by atoms with van der Waals surface area (Å²) in [4.78, 5) is 15.2. The molecule has 1 aliphatic heterocycles. The summed E-state index contributed by atoms with van der Waals surface area (Å²) in [5, 5.41) is 19.2. The van der Waals surface area contributed by atoms with Gasteiger partial charge in [0.05, 0.1) is 29.1 Å². The van der Waals surface area contributed by atoms with Gasteiger partial charge < -0.3 is 19.7 Å². The highest BCUT2D eigenvalue weighted by Gasteiger charge is 2.51. The topological polar surface area (TPSA) is 111 Å². The Balaban J connectivity index is 1.82. The first-order valence-electron chi connectivity index (χ1n) is 8.28. The van der Waals surface area contributed by atoms with Crippen molar-refractivity contribution in [3.05, 3.63) is 24.0 Å². The van der Waals surface area contributed by atoms with Gasteiger partial charge in [0, 0.05) is 18.7 Å². The van der Waals surface area contributed by atoms with Crippen LogP contribution in [0.5, 0.6) is 0 Å². The van der Waals surface area contributed by atoms with Crippen molar-refractivity contribution in [1.29, 1.82) is 0 Å². The minimum absolute atomic E-state index is 0.0921. The van der Waals surface area contributed by atoms with Gasteiger partial charge in [-0.25, -0.2) is 9.48 Å². The highest BCUT2D eigenvalue weighted by molar-refractivity contribution is 6.62. The molecule has 9 nitrogen and oxygen atoms in total. The van der Waals surface area contributed by atoms with Gasteiger partial charge in [0.15, 0.2) is 0 Å². The lowest BCUT2D eigenvalue weighted by Crippen LogP contribution is -2.41. The molecule has 26 heavy (non-hydrogen) atoms. The molecule has 0 aromatic carbocycles. The second-order valence-electron chi connectivity index (χ2n) is 7.23. The Bertz CT molecular complexity index is 803. The lowest BCUT2D eigenvalue weighted by molar-refractivity contribution is 0.00578. The van der Waals surface area contributed by atoms with Crippen LogP contribution in [0.1, 0.15) is 33.4 Å². The number of hydrogen-bond donors (Lipinski definition) is 2. The monoisotopic (exact) mass is 359 g/mol. The predicted octanol–water partition coefficient (Wildman–Crippen LogP) is 0.944. The molecule has 2 aromatic rings. The fourth-order valence-corrected chi connectivity index (χ4v) is 2.60. The van der Waals surface area contributed by atoms with Crippen molar-refractivity contribution in [3.63, 3.8) is 0 Å². The Hall–Kier alpha value is -2.46. The van der Waals surface area contributed by atoms with E-state index in [2.05, 4.69) is 20.6 Å². The molecular formula is C16H22BN5O4. The van der Waals surface area contributed by atoms with Gasteiger partial charge in [0.2, 0.25) is 0 Å². The third kappa shape index (κ3) is 3.29. The predicted molar refractivity (Wildman–Crippen MR) is 94.8 cm³/mol. The number of aromatic nitrogens is 4. The number of nitrogens with zero attached hydrogens (tertiary/aromatic N) is 4. The van der Waals surface area contributed by atoms with Crippen molar-refractivity contribution in [2.75, 3.05) is 0 Å². The third-order valence-electron chi connectivity index (χ3n) is 4.90. The van der Waals surface area contributed by atoms with Crippen molar-refractivity contribution in [1.82, 2.24) is 25.3 Å². The molecule has 1 saturated heterocycles. The van der Waals surface area contributed by atoms with Gasteiger partial charge in [-0.3, -0.25) is 4.98 Å². The zero-order valence-corrected chi connectivity index (χ0v) is 15.5. The van der Waals surface area contributed by atoms with Gasteiger partial charge in [-0.05, 0) is 33.8 Å². The van der Waals surface area contributed by atoms with Crippen LogP contribution in [0.3, 0.4) is 0 Å². The van der Waals surface area contributed by atoms with E-state index in [-0.39, 0.29) is 6.54 Å². The zero-order chi connectivity index (χ0) is 19.1. The van der Waals surface area contributed by atoms with E-state index >= 15 is 0 Å². The summed E-state index contributed by atoms with van der Waals surface area (Å²) in [7, 11) is 1.21. The second-order valence-corrected chi connectivity index (χ2v) is 7.23. The number of carbonyl (C=O) groups is 1. The maximum atomic E-state index is 10.7. The Labute approximate surface area is 151 Å². The average molecular weight is 359 g/mol. The first-order chi connectivity index (χ1) is 12.1. The maximum absolute atomic E-state index is 10.7. The van der Waals surface area contributed by atoms with Crippen molar-refractivity contribution >= 4 is 18.7 Å². The Morgan fingerprint density at radius 1 is 1.27 bits per heavy atom. The van der Waals surface area contributed by atoms with Crippen molar-refractivity contribution in [2.45, 2.75) is 45.4 Å². The van der Waals surface area contributed by atoms with E-state index in [1.165, 1.54) is 4.68 Å². The van der Waals surface area contributed by atoms with E-state index < -0.39 is 24.4 Å². The molecule has 0 bridgehead atoms. The summed E-state index contributed by atoms with van der Waals surface area (Å²) in [5.74, 6) is 0. The first kappa shape index (κ1) is 18.3. The average Bonchev–Trinajstić information content (AvgIpc) is 3.02. The number of hydrogen-bond acceptors (Lipinski definition) is 6. The van der Waals surface area contributed by atoms with Crippen LogP contribution in [0.2, 0.25) is 0 Å². The quantitative estimate of drug-likeness (QED) is 0.782. The molecule has 0 unspecified atom stereocenters. The van der Waals surface area contributed by atoms with Gasteiger partial charge in [-0.1, -0.05) is 11.3 Å². The van der Waals surface area contributed by atoms with E-state index in [9.17, 15) is 4.79 Å². The summed E-state index contributed by atoms with van der Waals surface area (Å²) in [6.07, 6.45) is 0.571. The summed E-state index contributed by atoms with van der Waals surface area (Å²) < 4.78 is 13.6. The van der Waals surface area contributed by atoms with E-state index in [4.69, 9.17) is 14.4 Å². The Kier molecular flexibility index (Phi) is 4.49. The van der Waals surface area contributed by atoms with E-state index in [0.717, 1.165) is 5.46 Å². The molecule has 0 saturated carbocycles. The second kappa shape index (κ2) is 6.37. The van der Waals surface area contributed by atoms with Crippen molar-refractivity contribution in [3.8, 4) is 11.4 Å². The summed E-state index contributed by atoms with van der Waals surface area (Å²) >= 11 is 0. The highest BCUT2D eigenvalue weighted by atomic mass is 16.7. The van der Waals surface area contributed by atoms with Gasteiger partial charge in [0.25, 0.3) is 0 Å². The SMILES string of the molecule is Cn1nnc(-c2ccc(B3OC(C)(C)C(C)(C)O3)cn2)c1CNC(=O)O. The molecule has 10 heteroatoms. The standard InChI is InChI=1S/C16H22BN5O4/c1-15(2)16(3,4)26-17(25-15)10-6-7-11(18-8-10)13-12(9-19-14(23)24)22(5)21-20-13/h6-8,19H,9H2,1-5H3,(H,23,24). The van der Waals surface area contributed by atoms with E-state index in [0.29, 0.717) is 17.1 Å². The fourth-order valence-electron chi connectivity index (χ4n) is 2.60. The smallest absolute Gasteiger partial charge is 0.465 e. The Morgan fingerprint density at radius 3 is 2.46 bits per heavy atom. The minimum Gasteiger partial charge on any atom is -0.465 e. The number of amides is 1. The fraction of sp³-hybridized carbons (Fsp3) is 0.500. The minimum atomic E-state index is -1.11. The molecule has 0 atom stereocenters. The molecule has 3 heterocycles. The lowest BCUT2D eigenvalue weighted by Gasteiger charge is -2.32. The van der Waals surface area contributed by atoms with Crippen LogP contribution in [0, 0.1) is 0 Å². The number of carboxylic acid groups (broad SMARTS) is 1. The van der Waals surface area contributed by atoms with Gasteiger partial charge in [0.1, 0.15) is 5.69 Å². The number of aryl methyl sites for hydroxylation is 1. The third-order valence-corrected chi connectivity index (χ3v) is 4.90. The van der Waals surface area contributed by atoms with Crippen molar-refractivity contribution < 1.29 is 19.2 Å². The highest BCUT2D eigenvalue weighted by Crippen LogP contribution is 2.36. The van der Waals surface area contributed by atoms with Crippen LogP contribution in [-0.2, 0) is 22.9 Å². The van der Waals surface area contributed by atoms with Crippen LogP contribution < -0.4 is 10.8 Å². The Morgan fingerprint density at radius 2 is 1.92 bits per heavy atom. The van der Waals surface area contributed by atoms with Crippen LogP contribution in [-0.4, -0.2) is 49.5 Å². The molecule has 3 rings (SSSR count). The molecule has 1 aliphatic rings. The molecule has 1 amide bonds. The summed E-state index contributed by atoms with van der Waals surface area (Å²) in [6.45, 7) is 8.08. The number of rotatable bonds is 4. The van der Waals surface area contributed by atoms with Crippen LogP contribution in [0.4, 0.5) is 4.79 Å². The van der Waals surface area contributed by atoms with E-state index in [1.54, 1.807) is 19.3 Å². The molecule has 1 fully saturated rings. The largest absolute Gasteiger partial charge is 0.496 e. The zero-order valence-electron chi connectivity index (χ0n) is 15.5. The molecular weight excluding hydrogens is 337 g/mol. The number of nitrogens with one attached hydrogen (secondary N) is 1. The molecule has 0 spiro atoms. The molecule has 2 aromatic heterocycles. The van der Waals surface area contributed by atoms with Gasteiger partial charge in [-0.15, -0.1) is 5.10 Å². The van der Waals surface area contributed by atoms with Gasteiger partial charge >= 0.3 is 13.2 Å². The summed E-state index contributed by atoms with van der Waals surface area (Å²) in [5.41, 5.74) is 1.72. The molecule has 0 aliphatic carbocycles. The normalized spacial score (nSPS) is 18.1. The maximum Gasteiger partial charge on any atom is 0.496 e. The van der Waals surface area contributed by atoms with Crippen LogP contribution >= 0.6 is 0 Å². The van der Waals surface area contributed by atoms with Crippen LogP contribution in [0.25, 0.3) is 11.4 Å². The van der Waals surface area contributed by atoms with Crippen LogP contribution in [0.15, 0.2) is 18.3 Å². The first-order valence-corrected chi connectivity index (χ1v) is 8.28. The molecule has 0 radical (unpaired) electrons. The molecule has 2 N–H and O–H groups in total. The van der Waals surface area contributed by atoms with Crippen molar-refractivity contribution in [2.24, 2.45) is 7.05 Å². The molecule has 138 valence electrons. The van der Waals surface area contributed by atoms with Gasteiger partial charge in [-0.2, -0.15) is 0 Å². The van der Waals surface area contributed by atoms with E-state index in [1.807, 2.05) is 33.8 Å².